The molecule has 0 unspecified atom stereocenters. The van der Waals surface area contributed by atoms with Crippen molar-refractivity contribution in [2.24, 2.45) is 0 Å². The van der Waals surface area contributed by atoms with Crippen LogP contribution in [0, 0.1) is 0 Å². The summed E-state index contributed by atoms with van der Waals surface area (Å²) in [6.45, 7) is 0. The zero-order valence-electron chi connectivity index (χ0n) is 11.9. The third-order valence-electron chi connectivity index (χ3n) is 2.88. The maximum atomic E-state index is 11.8. The molecule has 2 amide bonds. The maximum absolute atomic E-state index is 11.8. The topological polar surface area (TPSA) is 63.2 Å². The van der Waals surface area contributed by atoms with Crippen LogP contribution in [-0.4, -0.2) is 17.6 Å². The first kappa shape index (κ1) is 15.4. The maximum Gasteiger partial charge on any atom is 0.257 e. The van der Waals surface area contributed by atoms with Crippen LogP contribution in [-0.2, 0) is 9.59 Å². The predicted molar refractivity (Wildman–Crippen MR) is 84.0 cm³/mol. The lowest BCUT2D eigenvalue weighted by Crippen LogP contribution is -2.31. The molecule has 22 heavy (non-hydrogen) atoms. The average Bonchev–Trinajstić information content (AvgIpc) is 2.54. The Morgan fingerprint density at radius 3 is 2.09 bits per heavy atom. The van der Waals surface area contributed by atoms with Crippen molar-refractivity contribution >= 4 is 23.7 Å². The predicted octanol–water partition coefficient (Wildman–Crippen LogP) is 2.62. The van der Waals surface area contributed by atoms with Crippen LogP contribution in [0.4, 0.5) is 0 Å². The van der Waals surface area contributed by atoms with Crippen LogP contribution in [0.15, 0.2) is 66.7 Å². The fraction of sp³-hybridized carbons (Fsp3) is 0.0556. The van der Waals surface area contributed by atoms with Crippen molar-refractivity contribution in [1.82, 2.24) is 5.32 Å². The molecule has 0 saturated carbocycles. The van der Waals surface area contributed by atoms with E-state index in [1.54, 1.807) is 36.4 Å². The molecule has 4 nitrogen and oxygen atoms in total. The lowest BCUT2D eigenvalue weighted by atomic mass is 10.1. The van der Waals surface area contributed by atoms with Crippen LogP contribution >= 0.6 is 0 Å². The van der Waals surface area contributed by atoms with Gasteiger partial charge < -0.3 is 0 Å². The van der Waals surface area contributed by atoms with E-state index in [-0.39, 0.29) is 12.2 Å². The van der Waals surface area contributed by atoms with Gasteiger partial charge in [-0.3, -0.25) is 19.7 Å². The number of carbonyl (C=O) groups excluding carboxylic acids is 3. The molecule has 0 fully saturated rings. The van der Waals surface area contributed by atoms with E-state index in [2.05, 4.69) is 5.32 Å². The Kier molecular flexibility index (Phi) is 5.37. The molecule has 4 heteroatoms. The summed E-state index contributed by atoms with van der Waals surface area (Å²) in [5, 5.41) is 2.19. The van der Waals surface area contributed by atoms with E-state index < -0.39 is 11.8 Å². The first-order valence-corrected chi connectivity index (χ1v) is 6.80. The molecule has 1 N–H and O–H groups in total. The van der Waals surface area contributed by atoms with Crippen molar-refractivity contribution in [3.63, 3.8) is 0 Å². The molecule has 2 aromatic carbocycles. The van der Waals surface area contributed by atoms with Gasteiger partial charge in [0.2, 0.25) is 5.91 Å². The number of carbonyl (C=O) groups is 3. The zero-order chi connectivity index (χ0) is 15.8. The molecule has 0 saturated heterocycles. The Hall–Kier alpha value is -3.01. The smallest absolute Gasteiger partial charge is 0.257 e. The Morgan fingerprint density at radius 2 is 1.45 bits per heavy atom. The van der Waals surface area contributed by atoms with Gasteiger partial charge in [-0.15, -0.1) is 0 Å². The summed E-state index contributed by atoms with van der Waals surface area (Å²) in [7, 11) is 0. The second kappa shape index (κ2) is 7.69. The molecule has 0 aromatic heterocycles. The fourth-order valence-corrected chi connectivity index (χ4v) is 1.80. The molecule has 0 spiro atoms. The monoisotopic (exact) mass is 293 g/mol. The van der Waals surface area contributed by atoms with E-state index in [0.717, 1.165) is 5.56 Å². The van der Waals surface area contributed by atoms with Crippen molar-refractivity contribution in [3.8, 4) is 0 Å². The molecular weight excluding hydrogens is 278 g/mol. The van der Waals surface area contributed by atoms with Crippen LogP contribution in [0.5, 0.6) is 0 Å². The van der Waals surface area contributed by atoms with Gasteiger partial charge in [0, 0.05) is 5.56 Å². The van der Waals surface area contributed by atoms with E-state index in [9.17, 15) is 14.4 Å². The van der Waals surface area contributed by atoms with E-state index in [1.165, 1.54) is 6.08 Å². The third-order valence-corrected chi connectivity index (χ3v) is 2.88. The minimum atomic E-state index is -0.614. The van der Waals surface area contributed by atoms with Gasteiger partial charge >= 0.3 is 0 Å². The molecule has 0 atom stereocenters. The van der Waals surface area contributed by atoms with Gasteiger partial charge in [-0.25, -0.2) is 0 Å². The molecule has 0 aliphatic heterocycles. The quantitative estimate of drug-likeness (QED) is 0.681. The number of hydrogen-bond acceptors (Lipinski definition) is 3. The number of ketones is 1. The molecule has 2 aromatic rings. The number of nitrogens with one attached hydrogen (secondary N) is 1. The van der Waals surface area contributed by atoms with Crippen LogP contribution < -0.4 is 5.32 Å². The van der Waals surface area contributed by atoms with E-state index in [0.29, 0.717) is 5.56 Å². The number of allylic oxidation sites excluding steroid dienone is 1. The standard InChI is InChI=1S/C18H15NO3/c20-16(12-11-14-7-3-1-4-8-14)13-17(21)19-18(22)15-9-5-2-6-10-15/h1-12H,13H2,(H,19,21,22). The highest BCUT2D eigenvalue weighted by molar-refractivity contribution is 6.12. The van der Waals surface area contributed by atoms with Gasteiger partial charge in [0.25, 0.3) is 5.91 Å². The molecule has 110 valence electrons. The third kappa shape index (κ3) is 4.83. The van der Waals surface area contributed by atoms with Crippen LogP contribution in [0.2, 0.25) is 0 Å². The van der Waals surface area contributed by atoms with Crippen molar-refractivity contribution in [3.05, 3.63) is 77.9 Å². The lowest BCUT2D eigenvalue weighted by Gasteiger charge is -2.02. The Balaban J connectivity index is 1.85. The number of benzene rings is 2. The van der Waals surface area contributed by atoms with Gasteiger partial charge in [-0.1, -0.05) is 54.6 Å². The summed E-state index contributed by atoms with van der Waals surface area (Å²) in [6.07, 6.45) is 2.61. The highest BCUT2D eigenvalue weighted by atomic mass is 16.2. The summed E-state index contributed by atoms with van der Waals surface area (Å²) in [6, 6.07) is 17.7. The fourth-order valence-electron chi connectivity index (χ4n) is 1.80. The van der Waals surface area contributed by atoms with Crippen molar-refractivity contribution in [2.45, 2.75) is 6.42 Å². The van der Waals surface area contributed by atoms with Gasteiger partial charge in [0.15, 0.2) is 5.78 Å². The normalized spacial score (nSPS) is 10.4. The Bertz CT molecular complexity index is 691. The first-order valence-electron chi connectivity index (χ1n) is 6.80. The molecule has 0 bridgehead atoms. The zero-order valence-corrected chi connectivity index (χ0v) is 11.9. The summed E-state index contributed by atoms with van der Waals surface area (Å²) < 4.78 is 0. The number of amides is 2. The Labute approximate surface area is 128 Å². The van der Waals surface area contributed by atoms with Crippen molar-refractivity contribution in [2.75, 3.05) is 0 Å². The highest BCUT2D eigenvalue weighted by Crippen LogP contribution is 2.02. The first-order chi connectivity index (χ1) is 10.6. The second-order valence-electron chi connectivity index (χ2n) is 4.63. The summed E-state index contributed by atoms with van der Waals surface area (Å²) >= 11 is 0. The highest BCUT2D eigenvalue weighted by Gasteiger charge is 2.12. The average molecular weight is 293 g/mol. The van der Waals surface area contributed by atoms with Crippen molar-refractivity contribution < 1.29 is 14.4 Å². The minimum absolute atomic E-state index is 0.359. The van der Waals surface area contributed by atoms with Crippen LogP contribution in [0.1, 0.15) is 22.3 Å². The van der Waals surface area contributed by atoms with Gasteiger partial charge in [-0.05, 0) is 23.8 Å². The molecular formula is C18H15NO3. The SMILES string of the molecule is O=C(C=Cc1ccccc1)CC(=O)NC(=O)c1ccccc1. The molecule has 0 aliphatic rings. The summed E-state index contributed by atoms with van der Waals surface area (Å²) in [5.74, 6) is -1.48. The van der Waals surface area contributed by atoms with Crippen molar-refractivity contribution in [1.29, 1.82) is 0 Å². The Morgan fingerprint density at radius 1 is 0.864 bits per heavy atom. The van der Waals surface area contributed by atoms with E-state index in [4.69, 9.17) is 0 Å². The number of rotatable bonds is 5. The molecule has 0 aliphatic carbocycles. The minimum Gasteiger partial charge on any atom is -0.294 e. The van der Waals surface area contributed by atoms with Gasteiger partial charge in [0.05, 0.1) is 6.42 Å². The van der Waals surface area contributed by atoms with Crippen LogP contribution in [0.25, 0.3) is 6.08 Å². The van der Waals surface area contributed by atoms with Crippen LogP contribution in [0.3, 0.4) is 0 Å². The second-order valence-corrected chi connectivity index (χ2v) is 4.63. The molecule has 2 rings (SSSR count). The van der Waals surface area contributed by atoms with Gasteiger partial charge in [0.1, 0.15) is 0 Å². The summed E-state index contributed by atoms with van der Waals surface area (Å²) in [4.78, 5) is 35.1. The molecule has 0 radical (unpaired) electrons. The lowest BCUT2D eigenvalue weighted by molar-refractivity contribution is -0.125. The molecule has 0 heterocycles. The number of imide groups is 1. The largest absolute Gasteiger partial charge is 0.294 e. The summed E-state index contributed by atoms with van der Waals surface area (Å²) in [5.41, 5.74) is 1.25. The number of hydrogen-bond donors (Lipinski definition) is 1. The van der Waals surface area contributed by atoms with E-state index >= 15 is 0 Å². The van der Waals surface area contributed by atoms with Gasteiger partial charge in [-0.2, -0.15) is 0 Å². The van der Waals surface area contributed by atoms with E-state index in [1.807, 2.05) is 30.3 Å².